The molecule has 2 N–H and O–H groups in total. The SMILES string of the molecule is CCN(CCC#N)C(=O)CC(N)CC(C)(C)C. The van der Waals surface area contributed by atoms with Crippen molar-refractivity contribution in [2.75, 3.05) is 13.1 Å². The van der Waals surface area contributed by atoms with Crippen molar-refractivity contribution in [1.29, 1.82) is 5.26 Å². The van der Waals surface area contributed by atoms with E-state index in [4.69, 9.17) is 11.0 Å². The van der Waals surface area contributed by atoms with Gasteiger partial charge in [0.1, 0.15) is 0 Å². The highest BCUT2D eigenvalue weighted by molar-refractivity contribution is 5.76. The van der Waals surface area contributed by atoms with Crippen LogP contribution in [0.15, 0.2) is 0 Å². The molecule has 1 unspecified atom stereocenters. The van der Waals surface area contributed by atoms with Gasteiger partial charge in [0, 0.05) is 25.6 Å². The molecule has 0 aromatic carbocycles. The second kappa shape index (κ2) is 7.29. The topological polar surface area (TPSA) is 70.1 Å². The highest BCUT2D eigenvalue weighted by Gasteiger charge is 2.20. The first-order valence-electron chi connectivity index (χ1n) is 6.20. The van der Waals surface area contributed by atoms with Gasteiger partial charge in [0.05, 0.1) is 12.5 Å². The number of nitriles is 1. The summed E-state index contributed by atoms with van der Waals surface area (Å²) in [6.45, 7) is 9.42. The maximum atomic E-state index is 11.9. The Bertz CT molecular complexity index is 275. The summed E-state index contributed by atoms with van der Waals surface area (Å²) in [6.07, 6.45) is 1.58. The van der Waals surface area contributed by atoms with E-state index in [0.29, 0.717) is 25.9 Å². The van der Waals surface area contributed by atoms with Crippen LogP contribution in [0.4, 0.5) is 0 Å². The predicted molar refractivity (Wildman–Crippen MR) is 69.1 cm³/mol. The van der Waals surface area contributed by atoms with Crippen LogP contribution < -0.4 is 5.73 Å². The summed E-state index contributed by atoms with van der Waals surface area (Å²) in [5, 5.41) is 8.51. The van der Waals surface area contributed by atoms with Crippen molar-refractivity contribution in [3.63, 3.8) is 0 Å². The van der Waals surface area contributed by atoms with Crippen LogP contribution in [0.3, 0.4) is 0 Å². The summed E-state index contributed by atoms with van der Waals surface area (Å²) in [6, 6.07) is 1.96. The van der Waals surface area contributed by atoms with Crippen molar-refractivity contribution in [2.24, 2.45) is 11.1 Å². The molecule has 98 valence electrons. The molecule has 0 radical (unpaired) electrons. The highest BCUT2D eigenvalue weighted by Crippen LogP contribution is 2.21. The van der Waals surface area contributed by atoms with Crippen molar-refractivity contribution in [3.8, 4) is 6.07 Å². The average molecular weight is 239 g/mol. The molecule has 0 rings (SSSR count). The molecule has 0 heterocycles. The molecular formula is C13H25N3O. The van der Waals surface area contributed by atoms with Crippen LogP contribution in [-0.4, -0.2) is 29.9 Å². The van der Waals surface area contributed by atoms with Crippen molar-refractivity contribution in [3.05, 3.63) is 0 Å². The first-order chi connectivity index (χ1) is 7.80. The fourth-order valence-electron chi connectivity index (χ4n) is 1.86. The van der Waals surface area contributed by atoms with Crippen molar-refractivity contribution in [2.45, 2.75) is 53.0 Å². The normalized spacial score (nSPS) is 12.9. The van der Waals surface area contributed by atoms with Gasteiger partial charge in [-0.2, -0.15) is 5.26 Å². The number of hydrogen-bond donors (Lipinski definition) is 1. The summed E-state index contributed by atoms with van der Waals surface area (Å²) < 4.78 is 0. The maximum Gasteiger partial charge on any atom is 0.224 e. The molecule has 4 nitrogen and oxygen atoms in total. The van der Waals surface area contributed by atoms with Gasteiger partial charge in [0.2, 0.25) is 5.91 Å². The second-order valence-corrected chi connectivity index (χ2v) is 5.61. The van der Waals surface area contributed by atoms with E-state index in [1.165, 1.54) is 0 Å². The van der Waals surface area contributed by atoms with E-state index in [-0.39, 0.29) is 17.4 Å². The Hall–Kier alpha value is -1.08. The number of rotatable bonds is 6. The molecule has 1 atom stereocenters. The molecule has 0 fully saturated rings. The Morgan fingerprint density at radius 2 is 2.06 bits per heavy atom. The smallest absolute Gasteiger partial charge is 0.224 e. The van der Waals surface area contributed by atoms with Gasteiger partial charge in [-0.15, -0.1) is 0 Å². The molecular weight excluding hydrogens is 214 g/mol. The Kier molecular flexibility index (Phi) is 6.82. The van der Waals surface area contributed by atoms with E-state index in [2.05, 4.69) is 26.8 Å². The molecule has 0 aromatic rings. The summed E-state index contributed by atoms with van der Waals surface area (Å²) in [4.78, 5) is 13.6. The lowest BCUT2D eigenvalue weighted by molar-refractivity contribution is -0.131. The molecule has 4 heteroatoms. The number of hydrogen-bond acceptors (Lipinski definition) is 3. The van der Waals surface area contributed by atoms with Gasteiger partial charge < -0.3 is 10.6 Å². The monoisotopic (exact) mass is 239 g/mol. The van der Waals surface area contributed by atoms with Gasteiger partial charge in [-0.1, -0.05) is 20.8 Å². The fourth-order valence-corrected chi connectivity index (χ4v) is 1.86. The molecule has 0 aliphatic carbocycles. The number of nitrogens with zero attached hydrogens (tertiary/aromatic N) is 2. The standard InChI is InChI=1S/C13H25N3O/c1-5-16(8-6-7-14)12(17)9-11(15)10-13(2,3)4/h11H,5-6,8-10,15H2,1-4H3. The molecule has 0 aliphatic rings. The molecule has 0 saturated carbocycles. The molecule has 0 aliphatic heterocycles. The lowest BCUT2D eigenvalue weighted by atomic mass is 9.87. The molecule has 1 amide bonds. The molecule has 0 aromatic heterocycles. The molecule has 0 spiro atoms. The lowest BCUT2D eigenvalue weighted by Crippen LogP contribution is -2.37. The van der Waals surface area contributed by atoms with E-state index in [0.717, 1.165) is 6.42 Å². The maximum absolute atomic E-state index is 11.9. The van der Waals surface area contributed by atoms with Crippen LogP contribution in [-0.2, 0) is 4.79 Å². The van der Waals surface area contributed by atoms with Crippen LogP contribution in [0.2, 0.25) is 0 Å². The van der Waals surface area contributed by atoms with E-state index in [1.807, 2.05) is 6.92 Å². The number of amides is 1. The van der Waals surface area contributed by atoms with Crippen molar-refractivity contribution >= 4 is 5.91 Å². The molecule has 17 heavy (non-hydrogen) atoms. The summed E-state index contributed by atoms with van der Waals surface area (Å²) >= 11 is 0. The number of carbonyl (C=O) groups excluding carboxylic acids is 1. The number of carbonyl (C=O) groups is 1. The Balaban J connectivity index is 4.18. The van der Waals surface area contributed by atoms with Crippen molar-refractivity contribution in [1.82, 2.24) is 4.90 Å². The average Bonchev–Trinajstić information content (AvgIpc) is 2.15. The third-order valence-corrected chi connectivity index (χ3v) is 2.54. The van der Waals surface area contributed by atoms with E-state index >= 15 is 0 Å². The number of nitrogens with two attached hydrogens (primary N) is 1. The minimum atomic E-state index is -0.0985. The van der Waals surface area contributed by atoms with E-state index in [9.17, 15) is 4.79 Å². The first kappa shape index (κ1) is 15.9. The van der Waals surface area contributed by atoms with Crippen molar-refractivity contribution < 1.29 is 4.79 Å². The Morgan fingerprint density at radius 1 is 1.47 bits per heavy atom. The zero-order chi connectivity index (χ0) is 13.5. The van der Waals surface area contributed by atoms with Gasteiger partial charge in [0.25, 0.3) is 0 Å². The van der Waals surface area contributed by atoms with Crippen LogP contribution >= 0.6 is 0 Å². The first-order valence-corrected chi connectivity index (χ1v) is 6.20. The fraction of sp³-hybridized carbons (Fsp3) is 0.846. The van der Waals surface area contributed by atoms with Gasteiger partial charge >= 0.3 is 0 Å². The predicted octanol–water partition coefficient (Wildman–Crippen LogP) is 1.90. The van der Waals surface area contributed by atoms with E-state index < -0.39 is 0 Å². The van der Waals surface area contributed by atoms with Gasteiger partial charge in [0.15, 0.2) is 0 Å². The molecule has 0 bridgehead atoms. The second-order valence-electron chi connectivity index (χ2n) is 5.61. The minimum Gasteiger partial charge on any atom is -0.342 e. The Morgan fingerprint density at radius 3 is 2.47 bits per heavy atom. The van der Waals surface area contributed by atoms with Gasteiger partial charge in [-0.3, -0.25) is 4.79 Å². The van der Waals surface area contributed by atoms with Crippen LogP contribution in [0.25, 0.3) is 0 Å². The summed E-state index contributed by atoms with van der Waals surface area (Å²) in [5.74, 6) is 0.0551. The quantitative estimate of drug-likeness (QED) is 0.769. The highest BCUT2D eigenvalue weighted by atomic mass is 16.2. The van der Waals surface area contributed by atoms with Gasteiger partial charge in [-0.05, 0) is 18.8 Å². The van der Waals surface area contributed by atoms with E-state index in [1.54, 1.807) is 4.90 Å². The van der Waals surface area contributed by atoms with Crippen LogP contribution in [0.5, 0.6) is 0 Å². The Labute approximate surface area is 105 Å². The van der Waals surface area contributed by atoms with Crippen LogP contribution in [0, 0.1) is 16.7 Å². The zero-order valence-corrected chi connectivity index (χ0v) is 11.5. The third kappa shape index (κ3) is 7.76. The zero-order valence-electron chi connectivity index (χ0n) is 11.5. The molecule has 0 saturated heterocycles. The van der Waals surface area contributed by atoms with Crippen LogP contribution in [0.1, 0.15) is 47.0 Å². The third-order valence-electron chi connectivity index (χ3n) is 2.54. The minimum absolute atomic E-state index is 0.0551. The largest absolute Gasteiger partial charge is 0.342 e. The summed E-state index contributed by atoms with van der Waals surface area (Å²) in [5.41, 5.74) is 6.11. The van der Waals surface area contributed by atoms with Gasteiger partial charge in [-0.25, -0.2) is 0 Å². The summed E-state index contributed by atoms with van der Waals surface area (Å²) in [7, 11) is 0. The lowest BCUT2D eigenvalue weighted by Gasteiger charge is -2.25.